The largest absolute Gasteiger partial charge is 0.480 e. The maximum atomic E-state index is 13.3. The molecule has 0 spiro atoms. The van der Waals surface area contributed by atoms with Gasteiger partial charge in [-0.15, -0.1) is 0 Å². The van der Waals surface area contributed by atoms with Crippen LogP contribution in [0.25, 0.3) is 0 Å². The number of fused-ring (bicyclic) bond motifs is 1. The zero-order chi connectivity index (χ0) is 17.0. The van der Waals surface area contributed by atoms with Crippen molar-refractivity contribution in [2.45, 2.75) is 12.3 Å². The number of hydrogen-bond donors (Lipinski definition) is 2. The van der Waals surface area contributed by atoms with E-state index in [-0.39, 0.29) is 25.3 Å². The molecular weight excluding hydrogens is 307 g/mol. The normalized spacial score (nSPS) is 16.4. The molecule has 0 unspecified atom stereocenters. The fraction of sp³-hybridized carbons (Fsp3) is 0.400. The van der Waals surface area contributed by atoms with Crippen LogP contribution >= 0.6 is 0 Å². The number of ether oxygens (including phenoxy) is 1. The molecule has 0 radical (unpaired) electrons. The number of benzene rings is 1. The van der Waals surface area contributed by atoms with E-state index in [1.165, 1.54) is 19.2 Å². The summed E-state index contributed by atoms with van der Waals surface area (Å²) in [4.78, 5) is 36.5. The monoisotopic (exact) mass is 324 g/mol. The number of nitrogens with one attached hydrogen (secondary N) is 1. The molecule has 1 aliphatic heterocycles. The first-order valence-electron chi connectivity index (χ1n) is 7.01. The maximum Gasteiger partial charge on any atom is 0.323 e. The van der Waals surface area contributed by atoms with Gasteiger partial charge in [0.15, 0.2) is 0 Å². The van der Waals surface area contributed by atoms with E-state index in [9.17, 15) is 18.8 Å². The van der Waals surface area contributed by atoms with E-state index < -0.39 is 36.1 Å². The minimum Gasteiger partial charge on any atom is -0.480 e. The molecule has 124 valence electrons. The van der Waals surface area contributed by atoms with Crippen molar-refractivity contribution in [1.29, 1.82) is 0 Å². The van der Waals surface area contributed by atoms with E-state index in [4.69, 9.17) is 9.84 Å². The van der Waals surface area contributed by atoms with Crippen molar-refractivity contribution in [3.8, 4) is 0 Å². The molecule has 1 heterocycles. The summed E-state index contributed by atoms with van der Waals surface area (Å²) < 4.78 is 18.2. The summed E-state index contributed by atoms with van der Waals surface area (Å²) >= 11 is 0. The van der Waals surface area contributed by atoms with Gasteiger partial charge in [-0.3, -0.25) is 14.4 Å². The highest BCUT2D eigenvalue weighted by atomic mass is 19.1. The minimum absolute atomic E-state index is 0.0935. The van der Waals surface area contributed by atoms with Gasteiger partial charge in [0.1, 0.15) is 12.4 Å². The van der Waals surface area contributed by atoms with Gasteiger partial charge in [0, 0.05) is 25.8 Å². The molecule has 2 N–H and O–H groups in total. The summed E-state index contributed by atoms with van der Waals surface area (Å²) in [7, 11) is 1.44. The molecule has 0 fully saturated rings. The lowest BCUT2D eigenvalue weighted by Crippen LogP contribution is -2.42. The molecular formula is C15H17FN2O5. The van der Waals surface area contributed by atoms with Gasteiger partial charge in [-0.25, -0.2) is 4.39 Å². The molecule has 2 rings (SSSR count). The highest BCUT2D eigenvalue weighted by Gasteiger charge is 2.34. The van der Waals surface area contributed by atoms with Crippen LogP contribution in [-0.2, 0) is 19.1 Å². The van der Waals surface area contributed by atoms with Crippen molar-refractivity contribution < 1.29 is 28.6 Å². The quantitative estimate of drug-likeness (QED) is 0.807. The molecule has 23 heavy (non-hydrogen) atoms. The molecule has 2 amide bonds. The highest BCUT2D eigenvalue weighted by molar-refractivity contribution is 6.01. The zero-order valence-electron chi connectivity index (χ0n) is 12.5. The van der Waals surface area contributed by atoms with Crippen LogP contribution in [0.1, 0.15) is 17.9 Å². The van der Waals surface area contributed by atoms with Crippen molar-refractivity contribution in [1.82, 2.24) is 4.90 Å². The van der Waals surface area contributed by atoms with Crippen molar-refractivity contribution in [2.24, 2.45) is 0 Å². The number of carbonyl (C=O) groups excluding carboxylic acids is 2. The number of carbonyl (C=O) groups is 3. The topological polar surface area (TPSA) is 95.9 Å². The number of anilines is 1. The predicted molar refractivity (Wildman–Crippen MR) is 78.5 cm³/mol. The third-order valence-electron chi connectivity index (χ3n) is 3.56. The first kappa shape index (κ1) is 16.9. The number of aliphatic carboxylic acids is 1. The molecule has 1 atom stereocenters. The summed E-state index contributed by atoms with van der Waals surface area (Å²) in [6.07, 6.45) is -0.111. The summed E-state index contributed by atoms with van der Waals surface area (Å²) in [6, 6.07) is 3.78. The van der Waals surface area contributed by atoms with Gasteiger partial charge in [-0.2, -0.15) is 0 Å². The third-order valence-corrected chi connectivity index (χ3v) is 3.56. The molecule has 0 saturated carbocycles. The molecule has 1 aromatic rings. The van der Waals surface area contributed by atoms with E-state index in [0.717, 1.165) is 11.0 Å². The SMILES string of the molecule is COCCN(CC(=O)O)C(=O)[C@H]1CC(=O)Nc2cc(F)ccc21. The van der Waals surface area contributed by atoms with E-state index >= 15 is 0 Å². The van der Waals surface area contributed by atoms with Crippen LogP contribution in [0.5, 0.6) is 0 Å². The van der Waals surface area contributed by atoms with Gasteiger partial charge in [-0.1, -0.05) is 6.07 Å². The van der Waals surface area contributed by atoms with Gasteiger partial charge in [0.25, 0.3) is 0 Å². The molecule has 7 nitrogen and oxygen atoms in total. The lowest BCUT2D eigenvalue weighted by atomic mass is 9.89. The molecule has 0 aliphatic carbocycles. The van der Waals surface area contributed by atoms with E-state index in [1.807, 2.05) is 0 Å². The van der Waals surface area contributed by atoms with Crippen LogP contribution in [0.3, 0.4) is 0 Å². The van der Waals surface area contributed by atoms with Crippen LogP contribution in [-0.4, -0.2) is 54.6 Å². The number of methoxy groups -OCH3 is 1. The molecule has 8 heteroatoms. The van der Waals surface area contributed by atoms with Gasteiger partial charge in [-0.05, 0) is 17.7 Å². The van der Waals surface area contributed by atoms with Gasteiger partial charge >= 0.3 is 5.97 Å². The average Bonchev–Trinajstić information content (AvgIpc) is 2.49. The van der Waals surface area contributed by atoms with Crippen molar-refractivity contribution in [3.63, 3.8) is 0 Å². The first-order valence-corrected chi connectivity index (χ1v) is 7.01. The number of nitrogens with zero attached hydrogens (tertiary/aromatic N) is 1. The average molecular weight is 324 g/mol. The Labute approximate surface area is 132 Å². The third kappa shape index (κ3) is 4.04. The second-order valence-corrected chi connectivity index (χ2v) is 5.18. The van der Waals surface area contributed by atoms with Gasteiger partial charge in [0.2, 0.25) is 11.8 Å². The van der Waals surface area contributed by atoms with Crippen LogP contribution in [0.15, 0.2) is 18.2 Å². The summed E-state index contributed by atoms with van der Waals surface area (Å²) in [6.45, 7) is -0.221. The number of carboxylic acid groups (broad SMARTS) is 1. The van der Waals surface area contributed by atoms with E-state index in [1.54, 1.807) is 0 Å². The Balaban J connectivity index is 2.29. The Morgan fingerprint density at radius 2 is 2.22 bits per heavy atom. The second kappa shape index (κ2) is 7.19. The lowest BCUT2D eigenvalue weighted by Gasteiger charge is -2.29. The highest BCUT2D eigenvalue weighted by Crippen LogP contribution is 2.34. The summed E-state index contributed by atoms with van der Waals surface area (Å²) in [5, 5.41) is 11.5. The number of carboxylic acids is 1. The second-order valence-electron chi connectivity index (χ2n) is 5.18. The zero-order valence-corrected chi connectivity index (χ0v) is 12.5. The molecule has 1 aromatic carbocycles. The minimum atomic E-state index is -1.16. The Hall–Kier alpha value is -2.48. The van der Waals surface area contributed by atoms with Crippen molar-refractivity contribution in [3.05, 3.63) is 29.6 Å². The van der Waals surface area contributed by atoms with Gasteiger partial charge in [0.05, 0.1) is 12.5 Å². The number of rotatable bonds is 6. The molecule has 0 aromatic heterocycles. The summed E-state index contributed by atoms with van der Waals surface area (Å²) in [5.41, 5.74) is 0.713. The van der Waals surface area contributed by atoms with Crippen LogP contribution in [0, 0.1) is 5.82 Å². The predicted octanol–water partition coefficient (Wildman–Crippen LogP) is 0.811. The Morgan fingerprint density at radius 1 is 1.48 bits per heavy atom. The molecule has 1 aliphatic rings. The Bertz CT molecular complexity index is 634. The first-order chi connectivity index (χ1) is 10.9. The molecule has 0 bridgehead atoms. The van der Waals surface area contributed by atoms with Crippen LogP contribution in [0.2, 0.25) is 0 Å². The molecule has 0 saturated heterocycles. The van der Waals surface area contributed by atoms with E-state index in [2.05, 4.69) is 5.32 Å². The fourth-order valence-corrected chi connectivity index (χ4v) is 2.51. The maximum absolute atomic E-state index is 13.3. The lowest BCUT2D eigenvalue weighted by molar-refractivity contribution is -0.145. The smallest absolute Gasteiger partial charge is 0.323 e. The fourth-order valence-electron chi connectivity index (χ4n) is 2.51. The number of halogens is 1. The van der Waals surface area contributed by atoms with Crippen LogP contribution < -0.4 is 5.32 Å². The number of amides is 2. The van der Waals surface area contributed by atoms with Crippen molar-refractivity contribution in [2.75, 3.05) is 32.1 Å². The van der Waals surface area contributed by atoms with Crippen LogP contribution in [0.4, 0.5) is 10.1 Å². The van der Waals surface area contributed by atoms with E-state index in [0.29, 0.717) is 5.56 Å². The standard InChI is InChI=1S/C15H17FN2O5/c1-23-5-4-18(8-14(20)21)15(22)11-7-13(19)17-12-6-9(16)2-3-10(11)12/h2-3,6,11H,4-5,7-8H2,1H3,(H,17,19)(H,20,21)/t11-/m0/s1. The number of hydrogen-bond acceptors (Lipinski definition) is 4. The summed E-state index contributed by atoms with van der Waals surface area (Å²) in [5.74, 6) is -3.43. The van der Waals surface area contributed by atoms with Crippen molar-refractivity contribution >= 4 is 23.5 Å². The Morgan fingerprint density at radius 3 is 2.87 bits per heavy atom. The van der Waals surface area contributed by atoms with Gasteiger partial charge < -0.3 is 20.1 Å². The Kier molecular flexibility index (Phi) is 5.28.